The van der Waals surface area contributed by atoms with Crippen molar-refractivity contribution in [2.75, 3.05) is 11.8 Å². The van der Waals surface area contributed by atoms with Crippen molar-refractivity contribution in [3.8, 4) is 5.75 Å². The molecule has 1 fully saturated rings. The summed E-state index contributed by atoms with van der Waals surface area (Å²) in [6.45, 7) is 1.59. The molecule has 10 heteroatoms. The van der Waals surface area contributed by atoms with Crippen molar-refractivity contribution in [2.45, 2.75) is 49.7 Å². The molecule has 0 heterocycles. The molecule has 2 unspecified atom stereocenters. The summed E-state index contributed by atoms with van der Waals surface area (Å²) in [7, 11) is -2.64. The highest BCUT2D eigenvalue weighted by atomic mass is 32.2. The zero-order valence-electron chi connectivity index (χ0n) is 17.7. The van der Waals surface area contributed by atoms with E-state index in [1.807, 2.05) is 0 Å². The number of methoxy groups -OCH3 is 1. The minimum Gasteiger partial charge on any atom is -0.495 e. The highest BCUT2D eigenvalue weighted by Gasteiger charge is 2.42. The van der Waals surface area contributed by atoms with E-state index in [0.29, 0.717) is 24.2 Å². The van der Waals surface area contributed by atoms with Crippen LogP contribution in [0.5, 0.6) is 5.75 Å². The number of hydrogen-bond acceptors (Lipinski definition) is 4. The van der Waals surface area contributed by atoms with Gasteiger partial charge in [-0.05, 0) is 56.0 Å². The lowest BCUT2D eigenvalue weighted by atomic mass is 9.85. The summed E-state index contributed by atoms with van der Waals surface area (Å²) in [5.74, 6) is -1.72. The topological polar surface area (TPSA) is 84.5 Å². The Morgan fingerprint density at radius 2 is 1.84 bits per heavy atom. The first kappa shape index (κ1) is 23.9. The molecule has 0 radical (unpaired) electrons. The van der Waals surface area contributed by atoms with Crippen LogP contribution in [0.4, 0.5) is 18.9 Å². The number of nitrogens with one attached hydrogen (secondary N) is 2. The smallest absolute Gasteiger partial charge is 0.391 e. The zero-order chi connectivity index (χ0) is 23.5. The molecule has 0 aromatic heterocycles. The molecule has 0 saturated heterocycles. The highest BCUT2D eigenvalue weighted by molar-refractivity contribution is 7.92. The molecule has 1 aliphatic carbocycles. The van der Waals surface area contributed by atoms with E-state index in [-0.39, 0.29) is 29.0 Å². The van der Waals surface area contributed by atoms with Gasteiger partial charge < -0.3 is 10.1 Å². The van der Waals surface area contributed by atoms with E-state index >= 15 is 0 Å². The number of aryl methyl sites for hydroxylation is 1. The molecule has 0 spiro atoms. The number of hydrogen-bond donors (Lipinski definition) is 2. The lowest BCUT2D eigenvalue weighted by Crippen LogP contribution is -2.41. The number of carbonyl (C=O) groups excluding carboxylic acids is 1. The van der Waals surface area contributed by atoms with Crippen LogP contribution < -0.4 is 14.8 Å². The number of benzene rings is 2. The largest absolute Gasteiger partial charge is 0.495 e. The van der Waals surface area contributed by atoms with Gasteiger partial charge in [-0.3, -0.25) is 9.52 Å². The van der Waals surface area contributed by atoms with Crippen LogP contribution in [0.3, 0.4) is 0 Å². The van der Waals surface area contributed by atoms with Crippen LogP contribution in [0.25, 0.3) is 0 Å². The van der Waals surface area contributed by atoms with Gasteiger partial charge in [0.1, 0.15) is 5.75 Å². The van der Waals surface area contributed by atoms with Gasteiger partial charge in [0.15, 0.2) is 0 Å². The number of sulfonamides is 1. The number of carbonyl (C=O) groups is 1. The summed E-state index contributed by atoms with van der Waals surface area (Å²) < 4.78 is 72.7. The Kier molecular flexibility index (Phi) is 7.02. The number of ether oxygens (including phenoxy) is 1. The first-order valence-corrected chi connectivity index (χ1v) is 11.6. The van der Waals surface area contributed by atoms with Crippen molar-refractivity contribution in [3.05, 3.63) is 53.6 Å². The van der Waals surface area contributed by atoms with Crippen molar-refractivity contribution in [1.82, 2.24) is 5.32 Å². The summed E-state index contributed by atoms with van der Waals surface area (Å²) in [6, 6.07) is 10.1. The Hall–Kier alpha value is -2.75. The molecule has 6 nitrogen and oxygen atoms in total. The quantitative estimate of drug-likeness (QED) is 0.644. The third kappa shape index (κ3) is 5.53. The Labute approximate surface area is 185 Å². The lowest BCUT2D eigenvalue weighted by Gasteiger charge is -2.31. The van der Waals surface area contributed by atoms with Crippen LogP contribution in [0, 0.1) is 12.8 Å². The minimum atomic E-state index is -4.29. The van der Waals surface area contributed by atoms with E-state index in [1.54, 1.807) is 31.2 Å². The van der Waals surface area contributed by atoms with E-state index in [2.05, 4.69) is 10.0 Å². The third-order valence-corrected chi connectivity index (χ3v) is 7.07. The van der Waals surface area contributed by atoms with Crippen LogP contribution in [-0.4, -0.2) is 33.7 Å². The molecular formula is C22H25F3N2O4S. The zero-order valence-corrected chi connectivity index (χ0v) is 18.5. The summed E-state index contributed by atoms with van der Waals surface area (Å²) in [6.07, 6.45) is -3.60. The standard InChI is InChI=1S/C22H25F3N2O4S/c1-14-10-11-15(21(28)26-17-7-5-6-16(13-17)22(23,24)25)12-20(14)32(29,30)27-18-8-3-4-9-19(18)31-2/h3-4,8-12,16-17,27H,5-7,13H2,1-2H3,(H,26,28). The van der Waals surface area contributed by atoms with Gasteiger partial charge in [-0.1, -0.05) is 24.6 Å². The van der Waals surface area contributed by atoms with E-state index in [9.17, 15) is 26.4 Å². The molecule has 2 aromatic rings. The second-order valence-electron chi connectivity index (χ2n) is 7.86. The maximum Gasteiger partial charge on any atom is 0.391 e. The van der Waals surface area contributed by atoms with Crippen molar-refractivity contribution < 1.29 is 31.1 Å². The van der Waals surface area contributed by atoms with Crippen LogP contribution in [-0.2, 0) is 10.0 Å². The van der Waals surface area contributed by atoms with Crippen molar-refractivity contribution >= 4 is 21.6 Å². The average Bonchev–Trinajstić information content (AvgIpc) is 2.73. The second kappa shape index (κ2) is 9.40. The predicted octanol–water partition coefficient (Wildman–Crippen LogP) is 4.66. The third-order valence-electron chi connectivity index (χ3n) is 5.56. The summed E-state index contributed by atoms with van der Waals surface area (Å²) in [5.41, 5.74) is 0.716. The fourth-order valence-electron chi connectivity index (χ4n) is 3.85. The Morgan fingerprint density at radius 3 is 2.53 bits per heavy atom. The maximum absolute atomic E-state index is 13.0. The molecule has 0 bridgehead atoms. The molecule has 1 saturated carbocycles. The molecule has 2 atom stereocenters. The van der Waals surface area contributed by atoms with E-state index in [1.165, 1.54) is 25.3 Å². The van der Waals surface area contributed by atoms with Crippen molar-refractivity contribution in [2.24, 2.45) is 5.92 Å². The van der Waals surface area contributed by atoms with Crippen LogP contribution in [0.1, 0.15) is 41.6 Å². The highest BCUT2D eigenvalue weighted by Crippen LogP contribution is 2.37. The fourth-order valence-corrected chi connectivity index (χ4v) is 5.19. The molecule has 3 rings (SSSR count). The fraction of sp³-hybridized carbons (Fsp3) is 0.409. The first-order valence-electron chi connectivity index (χ1n) is 10.2. The summed E-state index contributed by atoms with van der Waals surface area (Å²) >= 11 is 0. The second-order valence-corrected chi connectivity index (χ2v) is 9.51. The molecule has 2 N–H and O–H groups in total. The molecule has 1 amide bonds. The number of alkyl halides is 3. The van der Waals surface area contributed by atoms with Crippen LogP contribution >= 0.6 is 0 Å². The molecule has 2 aromatic carbocycles. The van der Waals surface area contributed by atoms with E-state index in [4.69, 9.17) is 4.74 Å². The number of halogens is 3. The predicted molar refractivity (Wildman–Crippen MR) is 114 cm³/mol. The van der Waals surface area contributed by atoms with Crippen LogP contribution in [0.2, 0.25) is 0 Å². The summed E-state index contributed by atoms with van der Waals surface area (Å²) in [5, 5.41) is 2.63. The van der Waals surface area contributed by atoms with Crippen molar-refractivity contribution in [3.63, 3.8) is 0 Å². The maximum atomic E-state index is 13.0. The lowest BCUT2D eigenvalue weighted by molar-refractivity contribution is -0.183. The van der Waals surface area contributed by atoms with Gasteiger partial charge in [-0.2, -0.15) is 13.2 Å². The number of para-hydroxylation sites is 2. The van der Waals surface area contributed by atoms with E-state index < -0.39 is 34.1 Å². The Morgan fingerprint density at radius 1 is 1.12 bits per heavy atom. The summed E-state index contributed by atoms with van der Waals surface area (Å²) in [4.78, 5) is 12.6. The first-order chi connectivity index (χ1) is 15.0. The SMILES string of the molecule is COc1ccccc1NS(=O)(=O)c1cc(C(=O)NC2CCCC(C(F)(F)F)C2)ccc1C. The number of amides is 1. The van der Waals surface area contributed by atoms with Gasteiger partial charge in [-0.15, -0.1) is 0 Å². The number of rotatable bonds is 6. The van der Waals surface area contributed by atoms with Gasteiger partial charge in [-0.25, -0.2) is 8.42 Å². The molecule has 1 aliphatic rings. The molecule has 174 valence electrons. The Balaban J connectivity index is 1.79. The van der Waals surface area contributed by atoms with Gasteiger partial charge >= 0.3 is 6.18 Å². The number of anilines is 1. The minimum absolute atomic E-state index is 0.0530. The van der Waals surface area contributed by atoms with Crippen LogP contribution in [0.15, 0.2) is 47.4 Å². The van der Waals surface area contributed by atoms with E-state index in [0.717, 1.165) is 0 Å². The Bertz CT molecular complexity index is 1090. The van der Waals surface area contributed by atoms with Gasteiger partial charge in [0.05, 0.1) is 23.6 Å². The van der Waals surface area contributed by atoms with Crippen molar-refractivity contribution in [1.29, 1.82) is 0 Å². The van der Waals surface area contributed by atoms with Gasteiger partial charge in [0, 0.05) is 11.6 Å². The average molecular weight is 471 g/mol. The normalized spacial score (nSPS) is 19.3. The molecule has 32 heavy (non-hydrogen) atoms. The monoisotopic (exact) mass is 470 g/mol. The molecule has 0 aliphatic heterocycles. The van der Waals surface area contributed by atoms with Gasteiger partial charge in [0.25, 0.3) is 15.9 Å². The molecular weight excluding hydrogens is 445 g/mol. The van der Waals surface area contributed by atoms with Gasteiger partial charge in [0.2, 0.25) is 0 Å².